The summed E-state index contributed by atoms with van der Waals surface area (Å²) in [6.45, 7) is 4.59. The topological polar surface area (TPSA) is 112 Å². The molecule has 1 heterocycles. The van der Waals surface area contributed by atoms with Crippen LogP contribution in [0.3, 0.4) is 0 Å². The molecule has 96 valence electrons. The molecular weight excluding hydrogens is 246 g/mol. The molecule has 0 atom stereocenters. The summed E-state index contributed by atoms with van der Waals surface area (Å²) < 4.78 is 26.2. The highest BCUT2D eigenvalue weighted by Crippen LogP contribution is 2.16. The van der Waals surface area contributed by atoms with E-state index in [1.165, 1.54) is 20.0 Å². The molecule has 0 fully saturated rings. The highest BCUT2D eigenvalue weighted by molar-refractivity contribution is 7.89. The van der Waals surface area contributed by atoms with Gasteiger partial charge in [-0.1, -0.05) is 0 Å². The molecule has 0 spiro atoms. The Morgan fingerprint density at radius 2 is 2.18 bits per heavy atom. The van der Waals surface area contributed by atoms with Crippen LogP contribution in [0.5, 0.6) is 0 Å². The number of carboxylic acids is 1. The van der Waals surface area contributed by atoms with E-state index < -0.39 is 21.5 Å². The molecule has 0 aliphatic rings. The lowest BCUT2D eigenvalue weighted by Crippen LogP contribution is -2.44. The number of rotatable bonds is 5. The molecule has 17 heavy (non-hydrogen) atoms. The van der Waals surface area contributed by atoms with Gasteiger partial charge in [-0.05, 0) is 20.8 Å². The number of sulfonamides is 1. The highest BCUT2D eigenvalue weighted by Gasteiger charge is 2.30. The molecule has 0 bridgehead atoms. The van der Waals surface area contributed by atoms with E-state index in [0.29, 0.717) is 5.69 Å². The van der Waals surface area contributed by atoms with Gasteiger partial charge in [-0.2, -0.15) is 5.10 Å². The lowest BCUT2D eigenvalue weighted by Gasteiger charge is -2.23. The van der Waals surface area contributed by atoms with Crippen molar-refractivity contribution in [1.29, 1.82) is 0 Å². The Morgan fingerprint density at radius 1 is 1.59 bits per heavy atom. The molecule has 3 N–H and O–H groups in total. The standard InChI is InChI=1S/C9H15N3O4S/c1-6-7(5-10-11-6)17(15,16)12-9(2,3)4-8(13)14/h5,12H,4H2,1-3H3,(H,10,11)(H,13,14). The Labute approximate surface area is 99.3 Å². The molecule has 0 aromatic carbocycles. The van der Waals surface area contributed by atoms with E-state index in [9.17, 15) is 13.2 Å². The Bertz CT molecular complexity index is 518. The average molecular weight is 261 g/mol. The first-order chi connectivity index (χ1) is 7.64. The maximum Gasteiger partial charge on any atom is 0.305 e. The van der Waals surface area contributed by atoms with Crippen molar-refractivity contribution >= 4 is 16.0 Å². The van der Waals surface area contributed by atoms with Gasteiger partial charge < -0.3 is 5.11 Å². The van der Waals surface area contributed by atoms with Gasteiger partial charge >= 0.3 is 5.97 Å². The first-order valence-corrected chi connectivity index (χ1v) is 6.38. The summed E-state index contributed by atoms with van der Waals surface area (Å²) in [5.41, 5.74) is -0.655. The summed E-state index contributed by atoms with van der Waals surface area (Å²) in [4.78, 5) is 10.6. The molecular formula is C9H15N3O4S. The van der Waals surface area contributed by atoms with E-state index in [1.807, 2.05) is 0 Å². The number of hydrogen-bond acceptors (Lipinski definition) is 4. The predicted octanol–water partition coefficient (Wildman–Crippen LogP) is 0.250. The minimum atomic E-state index is -3.76. The van der Waals surface area contributed by atoms with E-state index in [2.05, 4.69) is 14.9 Å². The van der Waals surface area contributed by atoms with Crippen molar-refractivity contribution in [3.63, 3.8) is 0 Å². The summed E-state index contributed by atoms with van der Waals surface area (Å²) in [7, 11) is -3.76. The number of aryl methyl sites for hydroxylation is 1. The van der Waals surface area contributed by atoms with Crippen LogP contribution >= 0.6 is 0 Å². The summed E-state index contributed by atoms with van der Waals surface area (Å²) in [6.07, 6.45) is 0.887. The molecule has 7 nitrogen and oxygen atoms in total. The Kier molecular flexibility index (Phi) is 3.58. The molecule has 0 aliphatic carbocycles. The van der Waals surface area contributed by atoms with Gasteiger partial charge in [0.15, 0.2) is 0 Å². The van der Waals surface area contributed by atoms with Crippen LogP contribution in [0.4, 0.5) is 0 Å². The van der Waals surface area contributed by atoms with Gasteiger partial charge in [0.05, 0.1) is 18.3 Å². The van der Waals surface area contributed by atoms with Gasteiger partial charge in [0.1, 0.15) is 4.90 Å². The zero-order valence-electron chi connectivity index (χ0n) is 9.81. The second-order valence-electron chi connectivity index (χ2n) is 4.42. The number of aliphatic carboxylic acids is 1. The van der Waals surface area contributed by atoms with Gasteiger partial charge in [-0.15, -0.1) is 0 Å². The van der Waals surface area contributed by atoms with Crippen molar-refractivity contribution in [2.75, 3.05) is 0 Å². The molecule has 0 aliphatic heterocycles. The van der Waals surface area contributed by atoms with Crippen LogP contribution in [0, 0.1) is 6.92 Å². The molecule has 0 radical (unpaired) electrons. The van der Waals surface area contributed by atoms with Crippen molar-refractivity contribution < 1.29 is 18.3 Å². The van der Waals surface area contributed by atoms with E-state index in [1.54, 1.807) is 6.92 Å². The lowest BCUT2D eigenvalue weighted by molar-refractivity contribution is -0.138. The van der Waals surface area contributed by atoms with E-state index in [-0.39, 0.29) is 11.3 Å². The molecule has 0 saturated heterocycles. The molecule has 0 unspecified atom stereocenters. The molecule has 1 rings (SSSR count). The van der Waals surface area contributed by atoms with Gasteiger partial charge in [0, 0.05) is 5.54 Å². The normalized spacial score (nSPS) is 12.6. The fourth-order valence-electron chi connectivity index (χ4n) is 1.44. The maximum atomic E-state index is 11.9. The quantitative estimate of drug-likeness (QED) is 0.703. The number of aromatic amines is 1. The van der Waals surface area contributed by atoms with Crippen molar-refractivity contribution in [2.24, 2.45) is 0 Å². The highest BCUT2D eigenvalue weighted by atomic mass is 32.2. The van der Waals surface area contributed by atoms with Crippen LogP contribution in [-0.2, 0) is 14.8 Å². The van der Waals surface area contributed by atoms with Crippen LogP contribution in [0.15, 0.2) is 11.1 Å². The summed E-state index contributed by atoms with van der Waals surface area (Å²) in [6, 6.07) is 0. The van der Waals surface area contributed by atoms with Crippen LogP contribution in [0.25, 0.3) is 0 Å². The first kappa shape index (κ1) is 13.7. The third-order valence-electron chi connectivity index (χ3n) is 2.08. The first-order valence-electron chi connectivity index (χ1n) is 4.90. The van der Waals surface area contributed by atoms with Crippen LogP contribution in [-0.4, -0.2) is 35.2 Å². The van der Waals surface area contributed by atoms with Gasteiger partial charge in [0.2, 0.25) is 10.0 Å². The van der Waals surface area contributed by atoms with Gasteiger partial charge in [-0.3, -0.25) is 9.89 Å². The van der Waals surface area contributed by atoms with Crippen LogP contribution in [0.2, 0.25) is 0 Å². The second-order valence-corrected chi connectivity index (χ2v) is 6.07. The van der Waals surface area contributed by atoms with E-state index in [0.717, 1.165) is 0 Å². The Balaban J connectivity index is 2.95. The summed E-state index contributed by atoms with van der Waals surface area (Å²) in [5, 5.41) is 14.8. The van der Waals surface area contributed by atoms with Crippen LogP contribution < -0.4 is 4.72 Å². The number of nitrogens with zero attached hydrogens (tertiary/aromatic N) is 1. The summed E-state index contributed by atoms with van der Waals surface area (Å²) in [5.74, 6) is -1.07. The van der Waals surface area contributed by atoms with E-state index >= 15 is 0 Å². The molecule has 8 heteroatoms. The molecule has 0 amide bonds. The number of nitrogens with one attached hydrogen (secondary N) is 2. The Morgan fingerprint density at radius 3 is 2.59 bits per heavy atom. The molecule has 1 aromatic rings. The fraction of sp³-hybridized carbons (Fsp3) is 0.556. The number of carboxylic acid groups (broad SMARTS) is 1. The SMILES string of the molecule is Cc1[nH]ncc1S(=O)(=O)NC(C)(C)CC(=O)O. The van der Waals surface area contributed by atoms with Gasteiger partial charge in [0.25, 0.3) is 0 Å². The second kappa shape index (κ2) is 4.46. The average Bonchev–Trinajstić information content (AvgIpc) is 2.46. The zero-order valence-corrected chi connectivity index (χ0v) is 10.6. The fourth-order valence-corrected chi connectivity index (χ4v) is 2.99. The van der Waals surface area contributed by atoms with Crippen molar-refractivity contribution in [3.8, 4) is 0 Å². The third kappa shape index (κ3) is 3.53. The van der Waals surface area contributed by atoms with Gasteiger partial charge in [-0.25, -0.2) is 13.1 Å². The minimum absolute atomic E-state index is 0.0240. The smallest absolute Gasteiger partial charge is 0.305 e. The van der Waals surface area contributed by atoms with Crippen molar-refractivity contribution in [2.45, 2.75) is 37.6 Å². The molecule has 1 aromatic heterocycles. The lowest BCUT2D eigenvalue weighted by atomic mass is 10.0. The number of carbonyl (C=O) groups is 1. The molecule has 0 saturated carbocycles. The van der Waals surface area contributed by atoms with Crippen molar-refractivity contribution in [3.05, 3.63) is 11.9 Å². The maximum absolute atomic E-state index is 11.9. The van der Waals surface area contributed by atoms with E-state index in [4.69, 9.17) is 5.11 Å². The number of aromatic nitrogens is 2. The van der Waals surface area contributed by atoms with Crippen molar-refractivity contribution in [1.82, 2.24) is 14.9 Å². The van der Waals surface area contributed by atoms with Crippen LogP contribution in [0.1, 0.15) is 26.0 Å². The third-order valence-corrected chi connectivity index (χ3v) is 3.89. The summed E-state index contributed by atoms with van der Waals surface area (Å²) >= 11 is 0. The Hall–Kier alpha value is -1.41. The largest absolute Gasteiger partial charge is 0.481 e. The zero-order chi connectivity index (χ0) is 13.3. The number of hydrogen-bond donors (Lipinski definition) is 3. The number of H-pyrrole nitrogens is 1. The monoisotopic (exact) mass is 261 g/mol. The minimum Gasteiger partial charge on any atom is -0.481 e. The predicted molar refractivity (Wildman–Crippen MR) is 60.0 cm³/mol.